The lowest BCUT2D eigenvalue weighted by molar-refractivity contribution is 0.0916. The number of hydrogen-bond donors (Lipinski definition) is 2. The Balaban J connectivity index is 1.92. The monoisotopic (exact) mass is 422 g/mol. The molecule has 4 heteroatoms. The SMILES string of the molecule is CCCC[C@@](CC)(CCCNC(=O)c1cccc(C)c1)CNC(=O)c1cccc(C)c1. The van der Waals surface area contributed by atoms with E-state index in [1.807, 2.05) is 62.4 Å². The minimum Gasteiger partial charge on any atom is -0.352 e. The lowest BCUT2D eigenvalue weighted by Gasteiger charge is -2.33. The maximum Gasteiger partial charge on any atom is 0.251 e. The first-order chi connectivity index (χ1) is 14.9. The average molecular weight is 423 g/mol. The summed E-state index contributed by atoms with van der Waals surface area (Å²) in [5, 5.41) is 6.23. The van der Waals surface area contributed by atoms with E-state index < -0.39 is 0 Å². The standard InChI is InChI=1S/C27H38N2O2/c1-5-7-15-27(6-2,20-29-26(31)24-14-9-12-22(4)19-24)16-10-17-28-25(30)23-13-8-11-21(3)18-23/h8-9,11-14,18-19H,5-7,10,15-17,20H2,1-4H3,(H,28,30)(H,29,31)/t27-/m0/s1. The first-order valence-corrected chi connectivity index (χ1v) is 11.6. The molecular weight excluding hydrogens is 384 g/mol. The molecule has 0 saturated heterocycles. The maximum atomic E-state index is 12.7. The first-order valence-electron chi connectivity index (χ1n) is 11.6. The fourth-order valence-electron chi connectivity index (χ4n) is 4.04. The van der Waals surface area contributed by atoms with Crippen LogP contribution in [0.1, 0.15) is 84.2 Å². The Kier molecular flexibility index (Phi) is 9.77. The average Bonchev–Trinajstić information content (AvgIpc) is 2.77. The molecule has 2 rings (SSSR count). The largest absolute Gasteiger partial charge is 0.352 e. The van der Waals surface area contributed by atoms with Gasteiger partial charge in [0.25, 0.3) is 11.8 Å². The Morgan fingerprint density at radius 1 is 0.806 bits per heavy atom. The van der Waals surface area contributed by atoms with E-state index in [1.54, 1.807) is 0 Å². The third kappa shape index (κ3) is 7.86. The smallest absolute Gasteiger partial charge is 0.251 e. The summed E-state index contributed by atoms with van der Waals surface area (Å²) in [6.07, 6.45) is 6.25. The van der Waals surface area contributed by atoms with Crippen LogP contribution in [0.2, 0.25) is 0 Å². The number of hydrogen-bond acceptors (Lipinski definition) is 2. The molecule has 4 nitrogen and oxygen atoms in total. The van der Waals surface area contributed by atoms with Crippen molar-refractivity contribution in [1.29, 1.82) is 0 Å². The molecule has 2 aromatic carbocycles. The van der Waals surface area contributed by atoms with E-state index in [4.69, 9.17) is 0 Å². The number of benzene rings is 2. The van der Waals surface area contributed by atoms with E-state index >= 15 is 0 Å². The van der Waals surface area contributed by atoms with Crippen molar-refractivity contribution in [2.45, 2.75) is 66.2 Å². The molecule has 0 aliphatic heterocycles. The first kappa shape index (κ1) is 24.6. The lowest BCUT2D eigenvalue weighted by Crippen LogP contribution is -2.38. The quantitative estimate of drug-likeness (QED) is 0.423. The van der Waals surface area contributed by atoms with Crippen molar-refractivity contribution >= 4 is 11.8 Å². The molecule has 0 radical (unpaired) electrons. The Labute approximate surface area is 187 Å². The van der Waals surface area contributed by atoms with Gasteiger partial charge in [0, 0.05) is 24.2 Å². The summed E-state index contributed by atoms with van der Waals surface area (Å²) >= 11 is 0. The second kappa shape index (κ2) is 12.3. The number of carbonyl (C=O) groups excluding carboxylic acids is 2. The maximum absolute atomic E-state index is 12.7. The molecular formula is C27H38N2O2. The van der Waals surface area contributed by atoms with Crippen molar-refractivity contribution in [3.8, 4) is 0 Å². The van der Waals surface area contributed by atoms with Crippen molar-refractivity contribution in [2.75, 3.05) is 13.1 Å². The van der Waals surface area contributed by atoms with Gasteiger partial charge in [0.1, 0.15) is 0 Å². The number of nitrogens with one attached hydrogen (secondary N) is 2. The van der Waals surface area contributed by atoms with E-state index in [1.165, 1.54) is 0 Å². The summed E-state index contributed by atoms with van der Waals surface area (Å²) in [7, 11) is 0. The fourth-order valence-corrected chi connectivity index (χ4v) is 4.04. The predicted octanol–water partition coefficient (Wildman–Crippen LogP) is 5.83. The third-order valence-electron chi connectivity index (χ3n) is 6.16. The van der Waals surface area contributed by atoms with Crippen LogP contribution >= 0.6 is 0 Å². The van der Waals surface area contributed by atoms with Crippen molar-refractivity contribution in [3.05, 3.63) is 70.8 Å². The van der Waals surface area contributed by atoms with Crippen molar-refractivity contribution in [1.82, 2.24) is 10.6 Å². The Hall–Kier alpha value is -2.62. The second-order valence-electron chi connectivity index (χ2n) is 8.74. The Bertz CT molecular complexity index is 862. The lowest BCUT2D eigenvalue weighted by atomic mass is 9.76. The minimum absolute atomic E-state index is 0.00854. The number of unbranched alkanes of at least 4 members (excludes halogenated alkanes) is 1. The van der Waals surface area contributed by atoms with Crippen LogP contribution < -0.4 is 10.6 Å². The van der Waals surface area contributed by atoms with Crippen LogP contribution in [0.15, 0.2) is 48.5 Å². The minimum atomic E-state index is -0.0212. The molecule has 2 amide bonds. The van der Waals surface area contributed by atoms with Gasteiger partial charge in [0.2, 0.25) is 0 Å². The normalized spacial score (nSPS) is 12.8. The molecule has 2 N–H and O–H groups in total. The van der Waals surface area contributed by atoms with E-state index in [0.29, 0.717) is 24.2 Å². The van der Waals surface area contributed by atoms with Crippen molar-refractivity contribution in [2.24, 2.45) is 5.41 Å². The number of aryl methyl sites for hydroxylation is 2. The number of rotatable bonds is 12. The predicted molar refractivity (Wildman–Crippen MR) is 129 cm³/mol. The molecule has 0 aliphatic rings. The van der Waals surface area contributed by atoms with Crippen LogP contribution in [0.4, 0.5) is 0 Å². The summed E-state index contributed by atoms with van der Waals surface area (Å²) in [6, 6.07) is 15.4. The third-order valence-corrected chi connectivity index (χ3v) is 6.16. The second-order valence-corrected chi connectivity index (χ2v) is 8.74. The van der Waals surface area contributed by atoms with Crippen molar-refractivity contribution in [3.63, 3.8) is 0 Å². The van der Waals surface area contributed by atoms with Crippen LogP contribution in [-0.4, -0.2) is 24.9 Å². The van der Waals surface area contributed by atoms with Gasteiger partial charge in [-0.3, -0.25) is 9.59 Å². The van der Waals surface area contributed by atoms with Gasteiger partial charge >= 0.3 is 0 Å². The fraction of sp³-hybridized carbons (Fsp3) is 0.481. The molecule has 0 fully saturated rings. The Morgan fingerprint density at radius 2 is 1.35 bits per heavy atom. The van der Waals surface area contributed by atoms with Gasteiger partial charge in [-0.1, -0.05) is 62.1 Å². The molecule has 1 atom stereocenters. The highest BCUT2D eigenvalue weighted by Crippen LogP contribution is 2.33. The van der Waals surface area contributed by atoms with Gasteiger partial charge in [-0.05, 0) is 69.2 Å². The van der Waals surface area contributed by atoms with E-state index in [2.05, 4.69) is 24.5 Å². The summed E-state index contributed by atoms with van der Waals surface area (Å²) in [5.41, 5.74) is 3.65. The molecule has 0 aromatic heterocycles. The van der Waals surface area contributed by atoms with E-state index in [9.17, 15) is 9.59 Å². The topological polar surface area (TPSA) is 58.2 Å². The zero-order valence-corrected chi connectivity index (χ0v) is 19.6. The molecule has 0 bridgehead atoms. The molecule has 2 aromatic rings. The highest BCUT2D eigenvalue weighted by atomic mass is 16.2. The van der Waals surface area contributed by atoms with Gasteiger partial charge in [0.15, 0.2) is 0 Å². The summed E-state index contributed by atoms with van der Waals surface area (Å²) in [5.74, 6) is -0.0297. The van der Waals surface area contributed by atoms with Crippen LogP contribution in [0, 0.1) is 19.3 Å². The summed E-state index contributed by atoms with van der Waals surface area (Å²) in [6.45, 7) is 9.72. The van der Waals surface area contributed by atoms with Crippen molar-refractivity contribution < 1.29 is 9.59 Å². The van der Waals surface area contributed by atoms with E-state index in [-0.39, 0.29) is 17.2 Å². The molecule has 31 heavy (non-hydrogen) atoms. The highest BCUT2D eigenvalue weighted by molar-refractivity contribution is 5.94. The van der Waals surface area contributed by atoms with Gasteiger partial charge in [-0.2, -0.15) is 0 Å². The number of carbonyl (C=O) groups is 2. The zero-order chi connectivity index (χ0) is 22.7. The molecule has 0 spiro atoms. The van der Waals surface area contributed by atoms with Crippen LogP contribution in [0.5, 0.6) is 0 Å². The van der Waals surface area contributed by atoms with Gasteiger partial charge < -0.3 is 10.6 Å². The molecule has 0 heterocycles. The Morgan fingerprint density at radius 3 is 1.87 bits per heavy atom. The molecule has 0 unspecified atom stereocenters. The zero-order valence-electron chi connectivity index (χ0n) is 19.6. The van der Waals surface area contributed by atoms with E-state index in [0.717, 1.165) is 49.7 Å². The van der Waals surface area contributed by atoms with Crippen LogP contribution in [0.3, 0.4) is 0 Å². The van der Waals surface area contributed by atoms with Gasteiger partial charge in [-0.25, -0.2) is 0 Å². The number of amides is 2. The summed E-state index contributed by atoms with van der Waals surface area (Å²) < 4.78 is 0. The highest BCUT2D eigenvalue weighted by Gasteiger charge is 2.28. The molecule has 168 valence electrons. The van der Waals surface area contributed by atoms with Gasteiger partial charge in [0.05, 0.1) is 0 Å². The summed E-state index contributed by atoms with van der Waals surface area (Å²) in [4.78, 5) is 25.1. The molecule has 0 aliphatic carbocycles. The van der Waals surface area contributed by atoms with Crippen LogP contribution in [0.25, 0.3) is 0 Å². The van der Waals surface area contributed by atoms with Gasteiger partial charge in [-0.15, -0.1) is 0 Å². The molecule has 0 saturated carbocycles. The van der Waals surface area contributed by atoms with Crippen LogP contribution in [-0.2, 0) is 0 Å².